The Labute approximate surface area is 179 Å². The molecule has 11 heteroatoms. The maximum Gasteiger partial charge on any atom is 0.487 e. The lowest BCUT2D eigenvalue weighted by molar-refractivity contribution is -0.0964. The zero-order valence-electron chi connectivity index (χ0n) is 15.3. The van der Waals surface area contributed by atoms with Crippen LogP contribution in [0, 0.1) is 0 Å². The summed E-state index contributed by atoms with van der Waals surface area (Å²) in [6.45, 7) is 1.13. The van der Waals surface area contributed by atoms with Gasteiger partial charge >= 0.3 is 5.57 Å². The standard InChI is InChI=1S/C18H18BrClF2N4O3/c1-23-15-13(8-14(19)16(25-15)26-7-6-11(27)9-26)17(28)24-10-2-4-12(5-3-10)29-18(20,21)22/h2-5,8,11,27H,6-7,9H2,1H3,(H,23,25)(H,24,28)/t11-/m1/s1. The van der Waals surface area contributed by atoms with Crippen LogP contribution in [0.4, 0.5) is 26.1 Å². The van der Waals surface area contributed by atoms with Crippen molar-refractivity contribution < 1.29 is 23.4 Å². The van der Waals surface area contributed by atoms with Crippen molar-refractivity contribution in [2.45, 2.75) is 18.1 Å². The number of amides is 1. The number of hydrogen-bond donors (Lipinski definition) is 3. The SMILES string of the molecule is CNc1nc(N2CC[C@@H](O)C2)c(Br)cc1C(=O)Nc1ccc(OC(F)(F)Cl)cc1. The van der Waals surface area contributed by atoms with Gasteiger partial charge in [0, 0.05) is 37.4 Å². The first-order valence-electron chi connectivity index (χ1n) is 8.64. The van der Waals surface area contributed by atoms with Gasteiger partial charge in [-0.3, -0.25) is 4.79 Å². The number of aliphatic hydroxyl groups is 1. The lowest BCUT2D eigenvalue weighted by Gasteiger charge is -2.20. The summed E-state index contributed by atoms with van der Waals surface area (Å²) in [5, 5.41) is 15.3. The number of ether oxygens (including phenoxy) is 1. The minimum absolute atomic E-state index is 0.138. The number of nitrogens with zero attached hydrogens (tertiary/aromatic N) is 2. The molecule has 1 atom stereocenters. The van der Waals surface area contributed by atoms with E-state index < -0.39 is 17.6 Å². The molecule has 1 amide bonds. The van der Waals surface area contributed by atoms with Gasteiger partial charge in [0.25, 0.3) is 5.91 Å². The summed E-state index contributed by atoms with van der Waals surface area (Å²) in [5.41, 5.74) is -3.14. The molecule has 0 unspecified atom stereocenters. The number of hydrogen-bond acceptors (Lipinski definition) is 6. The number of carbonyl (C=O) groups excluding carboxylic acids is 1. The van der Waals surface area contributed by atoms with Gasteiger partial charge in [0.2, 0.25) is 0 Å². The van der Waals surface area contributed by atoms with E-state index in [-0.39, 0.29) is 11.3 Å². The summed E-state index contributed by atoms with van der Waals surface area (Å²) in [6.07, 6.45) is 0.246. The van der Waals surface area contributed by atoms with E-state index in [0.29, 0.717) is 41.3 Å². The number of pyridine rings is 1. The number of aromatic nitrogens is 1. The average Bonchev–Trinajstić information content (AvgIpc) is 3.08. The third-order valence-electron chi connectivity index (χ3n) is 4.25. The van der Waals surface area contributed by atoms with Crippen LogP contribution in [0.25, 0.3) is 0 Å². The van der Waals surface area contributed by atoms with Gasteiger partial charge in [-0.25, -0.2) is 4.98 Å². The predicted molar refractivity (Wildman–Crippen MR) is 110 cm³/mol. The minimum atomic E-state index is -3.81. The Balaban J connectivity index is 1.77. The maximum absolute atomic E-state index is 12.7. The molecule has 1 fully saturated rings. The Bertz CT molecular complexity index is 896. The van der Waals surface area contributed by atoms with Gasteiger partial charge in [-0.15, -0.1) is 8.78 Å². The molecule has 0 radical (unpaired) electrons. The molecule has 1 aliphatic rings. The second-order valence-electron chi connectivity index (χ2n) is 6.35. The number of anilines is 3. The highest BCUT2D eigenvalue weighted by Gasteiger charge is 2.28. The normalized spacial score (nSPS) is 16.6. The number of benzene rings is 1. The van der Waals surface area contributed by atoms with Crippen LogP contribution in [0.15, 0.2) is 34.8 Å². The average molecular weight is 492 g/mol. The second kappa shape index (κ2) is 8.68. The highest BCUT2D eigenvalue weighted by Crippen LogP contribution is 2.32. The number of carbonyl (C=O) groups is 1. The van der Waals surface area contributed by atoms with Crippen molar-refractivity contribution in [2.75, 3.05) is 35.7 Å². The third kappa shape index (κ3) is 5.46. The molecular formula is C18H18BrClF2N4O3. The lowest BCUT2D eigenvalue weighted by Crippen LogP contribution is -2.24. The first kappa shape index (κ1) is 21.5. The van der Waals surface area contributed by atoms with Crippen LogP contribution in [-0.2, 0) is 0 Å². The smallest absolute Gasteiger partial charge is 0.420 e. The summed E-state index contributed by atoms with van der Waals surface area (Å²) in [6, 6.07) is 7.00. The Hall–Kier alpha value is -2.17. The lowest BCUT2D eigenvalue weighted by atomic mass is 10.2. The van der Waals surface area contributed by atoms with Gasteiger partial charge in [-0.05, 0) is 52.7 Å². The number of aliphatic hydroxyl groups excluding tert-OH is 1. The largest absolute Gasteiger partial charge is 0.487 e. The zero-order valence-corrected chi connectivity index (χ0v) is 17.6. The molecule has 2 heterocycles. The Morgan fingerprint density at radius 2 is 2.10 bits per heavy atom. The van der Waals surface area contributed by atoms with E-state index in [0.717, 1.165) is 0 Å². The van der Waals surface area contributed by atoms with Gasteiger partial charge < -0.3 is 25.4 Å². The molecule has 0 spiro atoms. The van der Waals surface area contributed by atoms with E-state index in [2.05, 4.69) is 36.3 Å². The second-order valence-corrected chi connectivity index (χ2v) is 7.65. The molecule has 0 bridgehead atoms. The van der Waals surface area contributed by atoms with Crippen molar-refractivity contribution in [3.05, 3.63) is 40.4 Å². The molecule has 3 rings (SSSR count). The van der Waals surface area contributed by atoms with E-state index in [1.54, 1.807) is 13.1 Å². The van der Waals surface area contributed by atoms with Crippen molar-refractivity contribution in [3.63, 3.8) is 0 Å². The van der Waals surface area contributed by atoms with Gasteiger partial charge in [-0.1, -0.05) is 0 Å². The number of halogens is 4. The number of nitrogens with one attached hydrogen (secondary N) is 2. The van der Waals surface area contributed by atoms with Gasteiger partial charge in [0.05, 0.1) is 16.1 Å². The fraction of sp³-hybridized carbons (Fsp3) is 0.333. The first-order valence-corrected chi connectivity index (χ1v) is 9.82. The van der Waals surface area contributed by atoms with Gasteiger partial charge in [-0.2, -0.15) is 0 Å². The van der Waals surface area contributed by atoms with Crippen LogP contribution in [0.3, 0.4) is 0 Å². The number of rotatable bonds is 6. The molecule has 1 aliphatic heterocycles. The molecule has 2 aromatic rings. The number of alkyl halides is 3. The third-order valence-corrected chi connectivity index (χ3v) is 4.91. The fourth-order valence-corrected chi connectivity index (χ4v) is 3.59. The minimum Gasteiger partial charge on any atom is -0.420 e. The van der Waals surface area contributed by atoms with Crippen molar-refractivity contribution in [3.8, 4) is 5.75 Å². The van der Waals surface area contributed by atoms with Crippen LogP contribution in [-0.4, -0.2) is 47.8 Å². The van der Waals surface area contributed by atoms with E-state index >= 15 is 0 Å². The fourth-order valence-electron chi connectivity index (χ4n) is 2.94. The summed E-state index contributed by atoms with van der Waals surface area (Å²) >= 11 is 8.16. The van der Waals surface area contributed by atoms with Gasteiger partial charge in [0.15, 0.2) is 0 Å². The van der Waals surface area contributed by atoms with Crippen molar-refractivity contribution >= 4 is 50.8 Å². The van der Waals surface area contributed by atoms with Crippen LogP contribution in [0.5, 0.6) is 5.75 Å². The maximum atomic E-state index is 12.7. The van der Waals surface area contributed by atoms with Crippen LogP contribution >= 0.6 is 27.5 Å². The van der Waals surface area contributed by atoms with E-state index in [1.165, 1.54) is 24.3 Å². The molecule has 29 heavy (non-hydrogen) atoms. The first-order chi connectivity index (χ1) is 13.7. The van der Waals surface area contributed by atoms with Gasteiger partial charge in [0.1, 0.15) is 17.4 Å². The monoisotopic (exact) mass is 490 g/mol. The molecule has 7 nitrogen and oxygen atoms in total. The summed E-state index contributed by atoms with van der Waals surface area (Å²) < 4.78 is 30.2. The molecule has 0 saturated carbocycles. The van der Waals surface area contributed by atoms with E-state index in [4.69, 9.17) is 11.6 Å². The molecule has 156 valence electrons. The van der Waals surface area contributed by atoms with Crippen molar-refractivity contribution in [1.29, 1.82) is 0 Å². The summed E-state index contributed by atoms with van der Waals surface area (Å²) in [5.74, 6) is 0.419. The number of β-amino-alcohol motifs (C(OH)–C–C–N with tert-alkyl or cyclic N) is 1. The topological polar surface area (TPSA) is 86.7 Å². The van der Waals surface area contributed by atoms with E-state index in [9.17, 15) is 18.7 Å². The Kier molecular flexibility index (Phi) is 6.45. The van der Waals surface area contributed by atoms with Crippen molar-refractivity contribution in [1.82, 2.24) is 4.98 Å². The summed E-state index contributed by atoms with van der Waals surface area (Å²) in [7, 11) is 1.65. The summed E-state index contributed by atoms with van der Waals surface area (Å²) in [4.78, 5) is 19.1. The van der Waals surface area contributed by atoms with Crippen molar-refractivity contribution in [2.24, 2.45) is 0 Å². The highest BCUT2D eigenvalue weighted by atomic mass is 79.9. The van der Waals surface area contributed by atoms with Crippen LogP contribution in [0.1, 0.15) is 16.8 Å². The predicted octanol–water partition coefficient (Wildman–Crippen LogP) is 3.88. The van der Waals surface area contributed by atoms with Crippen LogP contribution in [0.2, 0.25) is 0 Å². The Morgan fingerprint density at radius 3 is 2.66 bits per heavy atom. The highest BCUT2D eigenvalue weighted by molar-refractivity contribution is 9.10. The molecular weight excluding hydrogens is 474 g/mol. The zero-order chi connectivity index (χ0) is 21.2. The molecule has 1 saturated heterocycles. The van der Waals surface area contributed by atoms with E-state index in [1.807, 2.05) is 4.90 Å². The molecule has 1 aromatic heterocycles. The van der Waals surface area contributed by atoms with Crippen LogP contribution < -0.4 is 20.3 Å². The quantitative estimate of drug-likeness (QED) is 0.532. The Morgan fingerprint density at radius 1 is 1.41 bits per heavy atom. The molecule has 1 aromatic carbocycles. The molecule has 3 N–H and O–H groups in total. The molecule has 0 aliphatic carbocycles.